The number of hydrogen-bond acceptors (Lipinski definition) is 5. The number of sulfone groups is 1. The molecule has 0 amide bonds. The van der Waals surface area contributed by atoms with E-state index >= 15 is 0 Å². The molecule has 1 aromatic heterocycles. The second kappa shape index (κ2) is 6.94. The molecule has 0 radical (unpaired) electrons. The molecule has 1 atom stereocenters. The average molecular weight is 401 g/mol. The number of aromatic nitrogens is 1. The van der Waals surface area contributed by atoms with Crippen molar-refractivity contribution in [2.45, 2.75) is 11.7 Å². The Hall–Kier alpha value is -2.87. The number of halogens is 1. The zero-order chi connectivity index (χ0) is 19.9. The smallest absolute Gasteiger partial charge is 0.198 e. The molecule has 2 N–H and O–H groups in total. The van der Waals surface area contributed by atoms with Crippen LogP contribution in [0, 0.1) is 5.82 Å². The highest BCUT2D eigenvalue weighted by atomic mass is 32.2. The zero-order valence-corrected chi connectivity index (χ0v) is 16.1. The molecule has 6 nitrogen and oxygen atoms in total. The molecule has 0 saturated carbocycles. The fourth-order valence-corrected chi connectivity index (χ4v) is 4.49. The Morgan fingerprint density at radius 3 is 2.68 bits per heavy atom. The van der Waals surface area contributed by atoms with Gasteiger partial charge in [-0.1, -0.05) is 0 Å². The maximum Gasteiger partial charge on any atom is 0.198 e. The third kappa shape index (κ3) is 3.60. The molecule has 2 aromatic carbocycles. The predicted molar refractivity (Wildman–Crippen MR) is 109 cm³/mol. The van der Waals surface area contributed by atoms with Crippen LogP contribution >= 0.6 is 0 Å². The maximum atomic E-state index is 13.3. The van der Waals surface area contributed by atoms with Crippen molar-refractivity contribution >= 4 is 38.3 Å². The SMILES string of the molecule is CS(=O)(=O)C1CCN(c2ccc(N=Cc3c(O)[nH]c4cc(F)ccc34)cc2)C1. The van der Waals surface area contributed by atoms with Crippen LogP contribution in [-0.4, -0.2) is 49.3 Å². The van der Waals surface area contributed by atoms with E-state index in [2.05, 4.69) is 14.9 Å². The first kappa shape index (κ1) is 18.5. The van der Waals surface area contributed by atoms with Crippen molar-refractivity contribution in [1.82, 2.24) is 4.98 Å². The molecular weight excluding hydrogens is 381 g/mol. The number of aromatic hydroxyl groups is 1. The normalized spacial score (nSPS) is 17.8. The van der Waals surface area contributed by atoms with Gasteiger partial charge in [0.15, 0.2) is 15.7 Å². The monoisotopic (exact) mass is 401 g/mol. The molecular formula is C20H20FN3O3S. The fourth-order valence-electron chi connectivity index (χ4n) is 3.51. The van der Waals surface area contributed by atoms with Gasteiger partial charge in [0.05, 0.1) is 22.0 Å². The summed E-state index contributed by atoms with van der Waals surface area (Å²) in [5.41, 5.74) is 2.65. The van der Waals surface area contributed by atoms with Crippen LogP contribution < -0.4 is 4.90 Å². The number of H-pyrrole nitrogens is 1. The summed E-state index contributed by atoms with van der Waals surface area (Å²) in [6.45, 7) is 1.21. The highest BCUT2D eigenvalue weighted by Crippen LogP contribution is 2.28. The first-order valence-corrected chi connectivity index (χ1v) is 10.8. The molecule has 4 rings (SSSR count). The molecule has 1 saturated heterocycles. The highest BCUT2D eigenvalue weighted by molar-refractivity contribution is 7.91. The molecule has 0 aliphatic carbocycles. The summed E-state index contributed by atoms with van der Waals surface area (Å²) < 4.78 is 36.7. The van der Waals surface area contributed by atoms with Gasteiger partial charge in [-0.05, 0) is 48.9 Å². The van der Waals surface area contributed by atoms with Crippen LogP contribution in [-0.2, 0) is 9.84 Å². The lowest BCUT2D eigenvalue weighted by Crippen LogP contribution is -2.25. The van der Waals surface area contributed by atoms with Crippen LogP contribution in [0.15, 0.2) is 47.5 Å². The third-order valence-electron chi connectivity index (χ3n) is 5.09. The number of aromatic amines is 1. The second-order valence-corrected chi connectivity index (χ2v) is 9.36. The van der Waals surface area contributed by atoms with E-state index in [0.717, 1.165) is 5.69 Å². The Labute approximate surface area is 162 Å². The Kier molecular flexibility index (Phi) is 4.58. The van der Waals surface area contributed by atoms with Gasteiger partial charge in [0.25, 0.3) is 0 Å². The summed E-state index contributed by atoms with van der Waals surface area (Å²) in [4.78, 5) is 9.18. The Bertz CT molecular complexity index is 1150. The van der Waals surface area contributed by atoms with Crippen molar-refractivity contribution in [3.05, 3.63) is 53.8 Å². The number of hydrogen-bond donors (Lipinski definition) is 2. The Morgan fingerprint density at radius 1 is 1.25 bits per heavy atom. The van der Waals surface area contributed by atoms with Crippen molar-refractivity contribution in [1.29, 1.82) is 0 Å². The number of anilines is 1. The number of fused-ring (bicyclic) bond motifs is 1. The van der Waals surface area contributed by atoms with Crippen LogP contribution in [0.25, 0.3) is 10.9 Å². The summed E-state index contributed by atoms with van der Waals surface area (Å²) in [6.07, 6.45) is 3.46. The lowest BCUT2D eigenvalue weighted by atomic mass is 10.2. The van der Waals surface area contributed by atoms with E-state index in [4.69, 9.17) is 0 Å². The summed E-state index contributed by atoms with van der Waals surface area (Å²) in [6, 6.07) is 11.7. The first-order valence-electron chi connectivity index (χ1n) is 8.89. The molecule has 1 aliphatic rings. The topological polar surface area (TPSA) is 85.8 Å². The average Bonchev–Trinajstić information content (AvgIpc) is 3.24. The minimum Gasteiger partial charge on any atom is -0.494 e. The minimum absolute atomic E-state index is 0.0650. The summed E-state index contributed by atoms with van der Waals surface area (Å²) in [5.74, 6) is -0.447. The van der Waals surface area contributed by atoms with E-state index in [1.807, 2.05) is 24.3 Å². The fraction of sp³-hybridized carbons (Fsp3) is 0.250. The summed E-state index contributed by atoms with van der Waals surface area (Å²) >= 11 is 0. The molecule has 0 spiro atoms. The quantitative estimate of drug-likeness (QED) is 0.656. The number of benzene rings is 2. The standard InChI is InChI=1S/C20H20FN3O3S/c1-28(26,27)16-8-9-24(12-16)15-5-3-14(4-6-15)22-11-18-17-7-2-13(21)10-19(17)23-20(18)25/h2-7,10-11,16,23,25H,8-9,12H2,1H3. The van der Waals surface area contributed by atoms with Crippen LogP contribution in [0.4, 0.5) is 15.8 Å². The van der Waals surface area contributed by atoms with Crippen LogP contribution in [0.1, 0.15) is 12.0 Å². The molecule has 8 heteroatoms. The number of nitrogens with zero attached hydrogens (tertiary/aromatic N) is 2. The van der Waals surface area contributed by atoms with Crippen molar-refractivity contribution in [2.75, 3.05) is 24.2 Å². The molecule has 3 aromatic rings. The van der Waals surface area contributed by atoms with Crippen LogP contribution in [0.3, 0.4) is 0 Å². The lowest BCUT2D eigenvalue weighted by molar-refractivity contribution is 0.457. The van der Waals surface area contributed by atoms with Gasteiger partial charge in [-0.25, -0.2) is 12.8 Å². The van der Waals surface area contributed by atoms with E-state index in [-0.39, 0.29) is 16.9 Å². The van der Waals surface area contributed by atoms with Gasteiger partial charge in [0, 0.05) is 36.6 Å². The molecule has 28 heavy (non-hydrogen) atoms. The Morgan fingerprint density at radius 2 is 2.00 bits per heavy atom. The molecule has 1 unspecified atom stereocenters. The van der Waals surface area contributed by atoms with E-state index in [9.17, 15) is 17.9 Å². The van der Waals surface area contributed by atoms with Crippen LogP contribution in [0.5, 0.6) is 5.88 Å². The predicted octanol–water partition coefficient (Wildman–Crippen LogP) is 3.39. The molecule has 2 heterocycles. The number of aliphatic imine (C=N–C) groups is 1. The Balaban J connectivity index is 1.52. The van der Waals surface area contributed by atoms with Gasteiger partial charge in [-0.3, -0.25) is 4.99 Å². The van der Waals surface area contributed by atoms with E-state index in [1.165, 1.54) is 24.6 Å². The van der Waals surface area contributed by atoms with Crippen molar-refractivity contribution < 1.29 is 17.9 Å². The summed E-state index contributed by atoms with van der Waals surface area (Å²) in [5, 5.41) is 10.4. The zero-order valence-electron chi connectivity index (χ0n) is 15.3. The minimum atomic E-state index is -3.03. The van der Waals surface area contributed by atoms with Gasteiger partial charge < -0.3 is 15.0 Å². The molecule has 0 bridgehead atoms. The number of rotatable bonds is 4. The van der Waals surface area contributed by atoms with Crippen LogP contribution in [0.2, 0.25) is 0 Å². The second-order valence-electron chi connectivity index (χ2n) is 7.04. The lowest BCUT2D eigenvalue weighted by Gasteiger charge is -2.18. The van der Waals surface area contributed by atoms with E-state index < -0.39 is 9.84 Å². The maximum absolute atomic E-state index is 13.3. The van der Waals surface area contributed by atoms with E-state index in [0.29, 0.717) is 41.7 Å². The van der Waals surface area contributed by atoms with E-state index in [1.54, 1.807) is 6.07 Å². The first-order chi connectivity index (χ1) is 13.3. The molecule has 146 valence electrons. The van der Waals surface area contributed by atoms with Crippen molar-refractivity contribution in [2.24, 2.45) is 4.99 Å². The van der Waals surface area contributed by atoms with Gasteiger partial charge in [0.1, 0.15) is 5.82 Å². The van der Waals surface area contributed by atoms with Gasteiger partial charge in [-0.15, -0.1) is 0 Å². The van der Waals surface area contributed by atoms with Gasteiger partial charge in [0.2, 0.25) is 0 Å². The third-order valence-corrected chi connectivity index (χ3v) is 6.68. The van der Waals surface area contributed by atoms with Crippen molar-refractivity contribution in [3.8, 4) is 5.88 Å². The molecule has 1 aliphatic heterocycles. The van der Waals surface area contributed by atoms with Crippen molar-refractivity contribution in [3.63, 3.8) is 0 Å². The number of nitrogens with one attached hydrogen (secondary N) is 1. The largest absolute Gasteiger partial charge is 0.494 e. The van der Waals surface area contributed by atoms with Gasteiger partial charge >= 0.3 is 0 Å². The molecule has 1 fully saturated rings. The highest BCUT2D eigenvalue weighted by Gasteiger charge is 2.30. The van der Waals surface area contributed by atoms with Gasteiger partial charge in [-0.2, -0.15) is 0 Å². The summed E-state index contributed by atoms with van der Waals surface area (Å²) in [7, 11) is -3.03.